The first kappa shape index (κ1) is 83.7. The van der Waals surface area contributed by atoms with E-state index in [4.69, 9.17) is 18.9 Å². The summed E-state index contributed by atoms with van der Waals surface area (Å²) in [6.07, 6.45) is 89.0. The van der Waals surface area contributed by atoms with Crippen molar-refractivity contribution < 1.29 is 42.9 Å². The van der Waals surface area contributed by atoms with Gasteiger partial charge in [0.15, 0.2) is 6.10 Å². The predicted octanol–water partition coefficient (Wildman–Crippen LogP) is 23.3. The van der Waals surface area contributed by atoms with E-state index in [1.165, 1.54) is 244 Å². The van der Waals surface area contributed by atoms with Crippen molar-refractivity contribution in [2.24, 2.45) is 0 Å². The number of likely N-dealkylation sites (N-methyl/N-ethyl adjacent to an activating group) is 1. The molecule has 0 aromatic rings. The van der Waals surface area contributed by atoms with Crippen LogP contribution in [0.15, 0.2) is 72.9 Å². The van der Waals surface area contributed by atoms with Crippen LogP contribution in [0.1, 0.15) is 348 Å². The van der Waals surface area contributed by atoms with Crippen LogP contribution in [0.25, 0.3) is 0 Å². The number of carbonyl (C=O) groups is 3. The molecule has 0 rings (SSSR count). The number of carboxylic acid groups (broad SMARTS) is 1. The molecular formula is C78H142NO8+. The molecule has 0 aromatic heterocycles. The highest BCUT2D eigenvalue weighted by molar-refractivity contribution is 5.71. The highest BCUT2D eigenvalue weighted by atomic mass is 16.7. The molecule has 0 amide bonds. The van der Waals surface area contributed by atoms with Crippen LogP contribution in [-0.4, -0.2) is 87.4 Å². The number of ether oxygens (including phenoxy) is 4. The lowest BCUT2D eigenvalue weighted by Crippen LogP contribution is -2.40. The van der Waals surface area contributed by atoms with Gasteiger partial charge in [0, 0.05) is 12.8 Å². The minimum absolute atomic E-state index is 0.185. The number of rotatable bonds is 69. The topological polar surface area (TPSA) is 108 Å². The van der Waals surface area contributed by atoms with Gasteiger partial charge < -0.3 is 28.5 Å². The zero-order chi connectivity index (χ0) is 63.3. The van der Waals surface area contributed by atoms with E-state index >= 15 is 0 Å². The molecule has 9 nitrogen and oxygen atoms in total. The van der Waals surface area contributed by atoms with E-state index in [0.717, 1.165) is 77.0 Å². The van der Waals surface area contributed by atoms with Crippen molar-refractivity contribution in [3.05, 3.63) is 72.9 Å². The largest absolute Gasteiger partial charge is 0.477 e. The van der Waals surface area contributed by atoms with Gasteiger partial charge in [0.2, 0.25) is 0 Å². The van der Waals surface area contributed by atoms with E-state index in [1.54, 1.807) is 0 Å². The van der Waals surface area contributed by atoms with Crippen LogP contribution in [0.3, 0.4) is 0 Å². The SMILES string of the molecule is CCCCCCC/C=C\C/C=C\C/C=C\CCCCCCCCCCCCCCCCCCCCCCCCCCCCC(=O)OC(COC(=O)CCCCCCCC/C=C\C/C=C\C/C=C\CCCCCCC)COC(OCC[N+](C)(C)C)C(=O)O. The molecule has 0 bridgehead atoms. The van der Waals surface area contributed by atoms with Crippen molar-refractivity contribution in [2.45, 2.75) is 360 Å². The molecule has 0 aliphatic rings. The molecule has 0 heterocycles. The molecule has 2 atom stereocenters. The molecule has 1 N–H and O–H groups in total. The van der Waals surface area contributed by atoms with Gasteiger partial charge in [-0.25, -0.2) is 4.79 Å². The molecule has 0 fully saturated rings. The van der Waals surface area contributed by atoms with Crippen LogP contribution in [0.4, 0.5) is 0 Å². The van der Waals surface area contributed by atoms with Gasteiger partial charge in [-0.05, 0) is 89.9 Å². The van der Waals surface area contributed by atoms with Gasteiger partial charge in [-0.3, -0.25) is 9.59 Å². The maximum absolute atomic E-state index is 12.9. The molecule has 87 heavy (non-hydrogen) atoms. The Morgan fingerprint density at radius 1 is 0.345 bits per heavy atom. The van der Waals surface area contributed by atoms with E-state index in [9.17, 15) is 19.5 Å². The van der Waals surface area contributed by atoms with Crippen LogP contribution in [0, 0.1) is 0 Å². The fourth-order valence-corrected chi connectivity index (χ4v) is 10.7. The fraction of sp³-hybridized carbons (Fsp3) is 0.808. The summed E-state index contributed by atoms with van der Waals surface area (Å²) in [4.78, 5) is 37.6. The molecule has 0 saturated heterocycles. The van der Waals surface area contributed by atoms with Crippen molar-refractivity contribution in [3.63, 3.8) is 0 Å². The van der Waals surface area contributed by atoms with E-state index in [2.05, 4.69) is 86.8 Å². The van der Waals surface area contributed by atoms with Crippen molar-refractivity contribution in [1.82, 2.24) is 0 Å². The molecule has 2 unspecified atom stereocenters. The number of esters is 2. The standard InChI is InChI=1S/C78H141NO8/c1-6-8-10-12-14-16-18-20-22-24-26-28-29-30-31-32-33-34-35-36-37-38-39-40-41-42-43-44-45-46-47-49-51-53-55-57-59-61-63-65-67-69-76(81)87-74(73-86-78(77(82)83)84-71-70-79(3,4)5)72-85-75(80)68-66-64-62-60-58-56-54-52-50-48-27-25-23-21-19-17-15-13-11-9-7-2/h18-21,24-27,29-30,50,52,74,78H,6-17,22-23,28,31-49,51,53-73H2,1-5H3/p+1/b20-18-,21-19-,26-24-,27-25-,30-29-,52-50-. The predicted molar refractivity (Wildman–Crippen MR) is 373 cm³/mol. The summed E-state index contributed by atoms with van der Waals surface area (Å²) in [6, 6.07) is 0. The molecule has 0 aliphatic heterocycles. The second-order valence-electron chi connectivity index (χ2n) is 26.3. The molecule has 0 aliphatic carbocycles. The Balaban J connectivity index is 3.98. The number of aliphatic carboxylic acids is 1. The number of quaternary nitrogens is 1. The van der Waals surface area contributed by atoms with Gasteiger partial charge >= 0.3 is 17.9 Å². The molecular weight excluding hydrogens is 1080 g/mol. The average molecular weight is 1220 g/mol. The summed E-state index contributed by atoms with van der Waals surface area (Å²) < 4.78 is 23.0. The van der Waals surface area contributed by atoms with Gasteiger partial charge in [0.05, 0.1) is 34.4 Å². The summed E-state index contributed by atoms with van der Waals surface area (Å²) in [6.45, 7) is 4.88. The zero-order valence-electron chi connectivity index (χ0n) is 57.9. The first-order valence-electron chi connectivity index (χ1n) is 37.1. The van der Waals surface area contributed by atoms with Crippen molar-refractivity contribution in [2.75, 3.05) is 47.5 Å². The molecule has 0 saturated carbocycles. The number of allylic oxidation sites excluding steroid dienone is 12. The Morgan fingerprint density at radius 3 is 0.920 bits per heavy atom. The Labute approximate surface area is 538 Å². The maximum atomic E-state index is 12.9. The monoisotopic (exact) mass is 1220 g/mol. The maximum Gasteiger partial charge on any atom is 0.361 e. The molecule has 0 spiro atoms. The quantitative estimate of drug-likeness (QED) is 0.0211. The van der Waals surface area contributed by atoms with E-state index in [0.29, 0.717) is 11.0 Å². The van der Waals surface area contributed by atoms with Crippen LogP contribution in [0.5, 0.6) is 0 Å². The Hall–Kier alpha value is -3.27. The Bertz CT molecular complexity index is 1660. The summed E-state index contributed by atoms with van der Waals surface area (Å²) in [5, 5.41) is 9.74. The van der Waals surface area contributed by atoms with Crippen LogP contribution in [0.2, 0.25) is 0 Å². The summed E-state index contributed by atoms with van der Waals surface area (Å²) >= 11 is 0. The number of carboxylic acids is 1. The van der Waals surface area contributed by atoms with Crippen LogP contribution < -0.4 is 0 Å². The first-order chi connectivity index (χ1) is 42.6. The van der Waals surface area contributed by atoms with Crippen LogP contribution in [-0.2, 0) is 33.3 Å². The van der Waals surface area contributed by atoms with E-state index in [-0.39, 0.29) is 38.6 Å². The third-order valence-electron chi connectivity index (χ3n) is 16.4. The van der Waals surface area contributed by atoms with Gasteiger partial charge in [0.25, 0.3) is 6.29 Å². The Kier molecular flexibility index (Phi) is 66.1. The van der Waals surface area contributed by atoms with Crippen molar-refractivity contribution >= 4 is 17.9 Å². The van der Waals surface area contributed by atoms with Gasteiger partial charge in [0.1, 0.15) is 13.2 Å². The van der Waals surface area contributed by atoms with Crippen LogP contribution >= 0.6 is 0 Å². The second-order valence-corrected chi connectivity index (χ2v) is 26.3. The first-order valence-corrected chi connectivity index (χ1v) is 37.1. The number of hydrogen-bond donors (Lipinski definition) is 1. The smallest absolute Gasteiger partial charge is 0.361 e. The van der Waals surface area contributed by atoms with Gasteiger partial charge in [-0.15, -0.1) is 0 Å². The number of hydrogen-bond acceptors (Lipinski definition) is 7. The lowest BCUT2D eigenvalue weighted by atomic mass is 10.0. The second kappa shape index (κ2) is 68.6. The molecule has 0 aromatic carbocycles. The van der Waals surface area contributed by atoms with E-state index < -0.39 is 24.3 Å². The number of unbranched alkanes of at least 4 members (excludes halogenated alkanes) is 42. The summed E-state index contributed by atoms with van der Waals surface area (Å²) in [7, 11) is 5.98. The summed E-state index contributed by atoms with van der Waals surface area (Å²) in [5.74, 6) is -2.01. The zero-order valence-corrected chi connectivity index (χ0v) is 57.9. The normalized spacial score (nSPS) is 13.1. The highest BCUT2D eigenvalue weighted by Crippen LogP contribution is 2.18. The lowest BCUT2D eigenvalue weighted by Gasteiger charge is -2.25. The molecule has 9 heteroatoms. The highest BCUT2D eigenvalue weighted by Gasteiger charge is 2.25. The average Bonchev–Trinajstić information content (AvgIpc) is 3.59. The van der Waals surface area contributed by atoms with Crippen molar-refractivity contribution in [1.29, 1.82) is 0 Å². The van der Waals surface area contributed by atoms with E-state index in [1.807, 2.05) is 21.1 Å². The van der Waals surface area contributed by atoms with Gasteiger partial charge in [-0.1, -0.05) is 318 Å². The van der Waals surface area contributed by atoms with Crippen molar-refractivity contribution in [3.8, 4) is 0 Å². The summed E-state index contributed by atoms with van der Waals surface area (Å²) in [5.41, 5.74) is 0. The number of nitrogens with zero attached hydrogens (tertiary/aromatic N) is 1. The fourth-order valence-electron chi connectivity index (χ4n) is 10.7. The third-order valence-corrected chi connectivity index (χ3v) is 16.4. The molecule has 0 radical (unpaired) electrons. The number of carbonyl (C=O) groups excluding carboxylic acids is 2. The third kappa shape index (κ3) is 70.1. The Morgan fingerprint density at radius 2 is 0.621 bits per heavy atom. The molecule has 506 valence electrons. The minimum Gasteiger partial charge on any atom is -0.477 e. The minimum atomic E-state index is -1.51. The van der Waals surface area contributed by atoms with Gasteiger partial charge in [-0.2, -0.15) is 0 Å². The lowest BCUT2D eigenvalue weighted by molar-refractivity contribution is -0.870.